The highest BCUT2D eigenvalue weighted by atomic mass is 32.1. The molecular formula is C15H17N3S. The Morgan fingerprint density at radius 1 is 1.16 bits per heavy atom. The third-order valence-corrected chi connectivity index (χ3v) is 3.03. The molecule has 1 heterocycles. The first-order valence-electron chi connectivity index (χ1n) is 6.30. The quantitative estimate of drug-likeness (QED) is 0.626. The van der Waals surface area contributed by atoms with Gasteiger partial charge in [0.2, 0.25) is 0 Å². The fraction of sp³-hybridized carbons (Fsp3) is 0.200. The van der Waals surface area contributed by atoms with Gasteiger partial charge in [-0.15, -0.1) is 0 Å². The number of nitrogens with zero attached hydrogens (tertiary/aromatic N) is 1. The number of nitrogens with two attached hydrogens (primary N) is 1. The highest BCUT2D eigenvalue weighted by molar-refractivity contribution is 7.80. The first-order valence-corrected chi connectivity index (χ1v) is 6.71. The highest BCUT2D eigenvalue weighted by Gasteiger charge is 2.04. The van der Waals surface area contributed by atoms with Crippen molar-refractivity contribution in [2.24, 2.45) is 5.73 Å². The van der Waals surface area contributed by atoms with Crippen molar-refractivity contribution < 1.29 is 0 Å². The minimum absolute atomic E-state index is 0.325. The van der Waals surface area contributed by atoms with E-state index in [-0.39, 0.29) is 0 Å². The van der Waals surface area contributed by atoms with Crippen LogP contribution in [0.1, 0.15) is 17.7 Å². The van der Waals surface area contributed by atoms with Crippen LogP contribution in [-0.2, 0) is 6.42 Å². The Morgan fingerprint density at radius 2 is 1.95 bits per heavy atom. The predicted octanol–water partition coefficient (Wildman–Crippen LogP) is 2.76. The topological polar surface area (TPSA) is 50.9 Å². The van der Waals surface area contributed by atoms with Crippen molar-refractivity contribution in [1.82, 2.24) is 4.98 Å². The number of rotatable bonds is 6. The molecule has 0 radical (unpaired) electrons. The van der Waals surface area contributed by atoms with Gasteiger partial charge in [-0.1, -0.05) is 42.5 Å². The van der Waals surface area contributed by atoms with Gasteiger partial charge in [-0.3, -0.25) is 4.98 Å². The van der Waals surface area contributed by atoms with E-state index in [0.29, 0.717) is 10.7 Å². The number of pyridine rings is 1. The lowest BCUT2D eigenvalue weighted by atomic mass is 10.1. The van der Waals surface area contributed by atoms with E-state index in [0.717, 1.165) is 25.1 Å². The number of aromatic nitrogens is 1. The number of thiocarbonyl (C=S) groups is 1. The molecule has 3 N–H and O–H groups in total. The fourth-order valence-corrected chi connectivity index (χ4v) is 2.07. The molecule has 19 heavy (non-hydrogen) atoms. The van der Waals surface area contributed by atoms with Crippen molar-refractivity contribution in [1.29, 1.82) is 0 Å². The van der Waals surface area contributed by atoms with E-state index in [9.17, 15) is 0 Å². The summed E-state index contributed by atoms with van der Waals surface area (Å²) in [5.74, 6) is 0. The standard InChI is InChI=1S/C15H17N3S/c16-15(19)14-13(9-5-11-18-14)17-10-4-8-12-6-2-1-3-7-12/h1-3,5-7,9,11,17H,4,8,10H2,(H2,16,19). The van der Waals surface area contributed by atoms with Crippen LogP contribution in [0.5, 0.6) is 0 Å². The molecule has 1 aromatic heterocycles. The van der Waals surface area contributed by atoms with Gasteiger partial charge in [-0.05, 0) is 30.5 Å². The van der Waals surface area contributed by atoms with Crippen LogP contribution in [0.15, 0.2) is 48.7 Å². The van der Waals surface area contributed by atoms with E-state index in [4.69, 9.17) is 18.0 Å². The number of benzene rings is 1. The summed E-state index contributed by atoms with van der Waals surface area (Å²) < 4.78 is 0. The minimum Gasteiger partial charge on any atom is -0.388 e. The number of hydrogen-bond acceptors (Lipinski definition) is 3. The molecule has 0 atom stereocenters. The molecule has 4 heteroatoms. The molecule has 98 valence electrons. The maximum Gasteiger partial charge on any atom is 0.124 e. The molecule has 2 aromatic rings. The summed E-state index contributed by atoms with van der Waals surface area (Å²) in [7, 11) is 0. The van der Waals surface area contributed by atoms with E-state index in [1.54, 1.807) is 6.20 Å². The Hall–Kier alpha value is -1.94. The summed E-state index contributed by atoms with van der Waals surface area (Å²) in [5, 5.41) is 3.33. The SMILES string of the molecule is NC(=S)c1ncccc1NCCCc1ccccc1. The Labute approximate surface area is 118 Å². The highest BCUT2D eigenvalue weighted by Crippen LogP contribution is 2.12. The third kappa shape index (κ3) is 4.03. The second-order valence-corrected chi connectivity index (χ2v) is 4.72. The summed E-state index contributed by atoms with van der Waals surface area (Å²) in [6.07, 6.45) is 3.80. The van der Waals surface area contributed by atoms with E-state index in [1.165, 1.54) is 5.56 Å². The molecule has 0 aliphatic carbocycles. The van der Waals surface area contributed by atoms with Crippen molar-refractivity contribution in [2.45, 2.75) is 12.8 Å². The molecule has 0 aliphatic rings. The van der Waals surface area contributed by atoms with Crippen molar-refractivity contribution in [3.8, 4) is 0 Å². The maximum absolute atomic E-state index is 5.64. The zero-order chi connectivity index (χ0) is 13.5. The molecule has 0 unspecified atom stereocenters. The lowest BCUT2D eigenvalue weighted by Crippen LogP contribution is -2.15. The molecule has 0 amide bonds. The van der Waals surface area contributed by atoms with E-state index in [1.807, 2.05) is 18.2 Å². The second kappa shape index (κ2) is 6.85. The molecule has 3 nitrogen and oxygen atoms in total. The van der Waals surface area contributed by atoms with Gasteiger partial charge in [0.25, 0.3) is 0 Å². The Morgan fingerprint density at radius 3 is 2.68 bits per heavy atom. The molecule has 0 saturated heterocycles. The summed E-state index contributed by atoms with van der Waals surface area (Å²) in [6.45, 7) is 0.871. The van der Waals surface area contributed by atoms with Crippen LogP contribution < -0.4 is 11.1 Å². The zero-order valence-corrected chi connectivity index (χ0v) is 11.5. The zero-order valence-electron chi connectivity index (χ0n) is 10.7. The summed E-state index contributed by atoms with van der Waals surface area (Å²) >= 11 is 4.98. The number of nitrogens with one attached hydrogen (secondary N) is 1. The second-order valence-electron chi connectivity index (χ2n) is 4.28. The Balaban J connectivity index is 1.85. The number of aryl methyl sites for hydroxylation is 1. The van der Waals surface area contributed by atoms with Crippen molar-refractivity contribution >= 4 is 22.9 Å². The maximum atomic E-state index is 5.64. The van der Waals surface area contributed by atoms with Crippen molar-refractivity contribution in [3.05, 3.63) is 59.9 Å². The summed E-state index contributed by atoms with van der Waals surface area (Å²) in [4.78, 5) is 4.51. The predicted molar refractivity (Wildman–Crippen MR) is 83.4 cm³/mol. The van der Waals surface area contributed by atoms with Crippen LogP contribution in [0.2, 0.25) is 0 Å². The van der Waals surface area contributed by atoms with Crippen LogP contribution in [0.4, 0.5) is 5.69 Å². The normalized spacial score (nSPS) is 10.1. The third-order valence-electron chi connectivity index (χ3n) is 2.84. The van der Waals surface area contributed by atoms with Gasteiger partial charge in [0.05, 0.1) is 5.69 Å². The molecule has 0 spiro atoms. The molecule has 0 fully saturated rings. The van der Waals surface area contributed by atoms with E-state index >= 15 is 0 Å². The monoisotopic (exact) mass is 271 g/mol. The molecule has 0 aliphatic heterocycles. The summed E-state index contributed by atoms with van der Waals surface area (Å²) in [5.41, 5.74) is 8.56. The van der Waals surface area contributed by atoms with Gasteiger partial charge < -0.3 is 11.1 Å². The van der Waals surface area contributed by atoms with Gasteiger partial charge >= 0.3 is 0 Å². The van der Waals surface area contributed by atoms with Crippen LogP contribution in [0, 0.1) is 0 Å². The lowest BCUT2D eigenvalue weighted by molar-refractivity contribution is 0.862. The Kier molecular flexibility index (Phi) is 4.86. The number of hydrogen-bond donors (Lipinski definition) is 2. The van der Waals surface area contributed by atoms with Gasteiger partial charge in [-0.25, -0.2) is 0 Å². The average molecular weight is 271 g/mol. The molecule has 1 aromatic carbocycles. The first-order chi connectivity index (χ1) is 9.27. The molecule has 2 rings (SSSR count). The molecular weight excluding hydrogens is 254 g/mol. The van der Waals surface area contributed by atoms with Crippen molar-refractivity contribution in [2.75, 3.05) is 11.9 Å². The molecule has 0 bridgehead atoms. The largest absolute Gasteiger partial charge is 0.388 e. The smallest absolute Gasteiger partial charge is 0.124 e. The van der Waals surface area contributed by atoms with Crippen LogP contribution >= 0.6 is 12.2 Å². The summed E-state index contributed by atoms with van der Waals surface area (Å²) in [6, 6.07) is 14.3. The van der Waals surface area contributed by atoms with Crippen LogP contribution in [0.3, 0.4) is 0 Å². The van der Waals surface area contributed by atoms with Gasteiger partial charge in [0, 0.05) is 12.7 Å². The van der Waals surface area contributed by atoms with Crippen LogP contribution in [0.25, 0.3) is 0 Å². The van der Waals surface area contributed by atoms with E-state index in [2.05, 4.69) is 34.6 Å². The molecule has 0 saturated carbocycles. The van der Waals surface area contributed by atoms with Gasteiger partial charge in [0.1, 0.15) is 10.7 Å². The number of anilines is 1. The minimum atomic E-state index is 0.325. The van der Waals surface area contributed by atoms with Crippen LogP contribution in [-0.4, -0.2) is 16.5 Å². The average Bonchev–Trinajstić information content (AvgIpc) is 2.45. The first kappa shape index (κ1) is 13.5. The van der Waals surface area contributed by atoms with Crippen molar-refractivity contribution in [3.63, 3.8) is 0 Å². The Bertz CT molecular complexity index is 540. The lowest BCUT2D eigenvalue weighted by Gasteiger charge is -2.09. The van der Waals surface area contributed by atoms with Gasteiger partial charge in [-0.2, -0.15) is 0 Å². The van der Waals surface area contributed by atoms with E-state index < -0.39 is 0 Å². The van der Waals surface area contributed by atoms with Gasteiger partial charge in [0.15, 0.2) is 0 Å². The fourth-order valence-electron chi connectivity index (χ4n) is 1.90.